The molecule has 3 N–H and O–H groups in total. The number of anilines is 2. The van der Waals surface area contributed by atoms with Gasteiger partial charge in [-0.3, -0.25) is 4.79 Å². The van der Waals surface area contributed by atoms with E-state index in [1.165, 1.54) is 12.2 Å². The number of hydrogen-bond donors (Lipinski definition) is 2. The highest BCUT2D eigenvalue weighted by Crippen LogP contribution is 2.16. The number of hydroxylamine groups is 2. The number of para-hydroxylation sites is 2. The largest absolute Gasteiger partial charge is 0.397 e. The van der Waals surface area contributed by atoms with Crippen LogP contribution in [0.1, 0.15) is 0 Å². The Balaban J connectivity index is 2.55. The van der Waals surface area contributed by atoms with E-state index in [0.29, 0.717) is 11.4 Å². The molecule has 1 amide bonds. The molecule has 0 aliphatic heterocycles. The number of nitrogens with one attached hydrogen (secondary N) is 1. The summed E-state index contributed by atoms with van der Waals surface area (Å²) < 4.78 is 0. The minimum Gasteiger partial charge on any atom is -0.397 e. The van der Waals surface area contributed by atoms with Crippen molar-refractivity contribution in [1.82, 2.24) is 5.06 Å². The zero-order valence-electron chi connectivity index (χ0n) is 8.86. The minimum atomic E-state index is -0.169. The van der Waals surface area contributed by atoms with Crippen molar-refractivity contribution in [2.24, 2.45) is 0 Å². The van der Waals surface area contributed by atoms with Crippen molar-refractivity contribution in [2.75, 3.05) is 31.8 Å². The van der Waals surface area contributed by atoms with Gasteiger partial charge in [-0.25, -0.2) is 0 Å². The maximum Gasteiger partial charge on any atom is 0.241 e. The number of amides is 1. The van der Waals surface area contributed by atoms with Crippen LogP contribution in [0, 0.1) is 0 Å². The number of carbonyl (C=O) groups excluding carboxylic acids is 1. The minimum absolute atomic E-state index is 0.158. The molecule has 0 spiro atoms. The molecule has 1 aromatic carbocycles. The second-order valence-corrected chi connectivity index (χ2v) is 3.10. The third-order valence-corrected chi connectivity index (χ3v) is 1.91. The van der Waals surface area contributed by atoms with Crippen molar-refractivity contribution in [3.05, 3.63) is 24.3 Å². The van der Waals surface area contributed by atoms with Gasteiger partial charge in [0.1, 0.15) is 6.54 Å². The SMILES string of the molecule is CON(C)CC(=O)Nc1ccccc1N. The summed E-state index contributed by atoms with van der Waals surface area (Å²) in [6, 6.07) is 7.11. The number of carbonyl (C=O) groups is 1. The molecule has 1 aromatic rings. The summed E-state index contributed by atoms with van der Waals surface area (Å²) in [5.74, 6) is -0.169. The number of benzene rings is 1. The topological polar surface area (TPSA) is 67.6 Å². The molecule has 0 radical (unpaired) electrons. The van der Waals surface area contributed by atoms with Crippen molar-refractivity contribution < 1.29 is 9.63 Å². The fraction of sp³-hybridized carbons (Fsp3) is 0.300. The van der Waals surface area contributed by atoms with Gasteiger partial charge in [-0.15, -0.1) is 0 Å². The zero-order chi connectivity index (χ0) is 11.3. The van der Waals surface area contributed by atoms with E-state index in [0.717, 1.165) is 0 Å². The highest BCUT2D eigenvalue weighted by Gasteiger charge is 2.07. The van der Waals surface area contributed by atoms with Crippen LogP contribution in [0.4, 0.5) is 11.4 Å². The van der Waals surface area contributed by atoms with Gasteiger partial charge in [0.15, 0.2) is 0 Å². The van der Waals surface area contributed by atoms with Crippen LogP contribution in [-0.4, -0.2) is 31.7 Å². The maximum atomic E-state index is 11.4. The van der Waals surface area contributed by atoms with Crippen LogP contribution in [0.2, 0.25) is 0 Å². The second kappa shape index (κ2) is 5.33. The Labute approximate surface area is 88.8 Å². The van der Waals surface area contributed by atoms with E-state index < -0.39 is 0 Å². The van der Waals surface area contributed by atoms with E-state index in [2.05, 4.69) is 5.32 Å². The highest BCUT2D eigenvalue weighted by molar-refractivity contribution is 5.94. The number of hydrogen-bond acceptors (Lipinski definition) is 4. The van der Waals surface area contributed by atoms with Crippen LogP contribution in [0.3, 0.4) is 0 Å². The Kier molecular flexibility index (Phi) is 4.08. The van der Waals surface area contributed by atoms with Gasteiger partial charge in [0.2, 0.25) is 5.91 Å². The van der Waals surface area contributed by atoms with Crippen molar-refractivity contribution in [1.29, 1.82) is 0 Å². The van der Waals surface area contributed by atoms with Gasteiger partial charge in [0.05, 0.1) is 18.5 Å². The van der Waals surface area contributed by atoms with Crippen LogP contribution in [-0.2, 0) is 9.63 Å². The number of nitrogens with two attached hydrogens (primary N) is 1. The fourth-order valence-electron chi connectivity index (χ4n) is 1.07. The molecule has 0 fully saturated rings. The number of likely N-dealkylation sites (N-methyl/N-ethyl adjacent to an activating group) is 1. The van der Waals surface area contributed by atoms with Crippen LogP contribution >= 0.6 is 0 Å². The van der Waals surface area contributed by atoms with Crippen LogP contribution in [0.15, 0.2) is 24.3 Å². The van der Waals surface area contributed by atoms with Crippen LogP contribution in [0.25, 0.3) is 0 Å². The van der Waals surface area contributed by atoms with Gasteiger partial charge in [0.25, 0.3) is 0 Å². The lowest BCUT2D eigenvalue weighted by atomic mass is 10.2. The Morgan fingerprint density at radius 2 is 2.20 bits per heavy atom. The zero-order valence-corrected chi connectivity index (χ0v) is 8.86. The van der Waals surface area contributed by atoms with Gasteiger partial charge in [-0.1, -0.05) is 12.1 Å². The third-order valence-electron chi connectivity index (χ3n) is 1.91. The third kappa shape index (κ3) is 3.57. The molecule has 0 saturated heterocycles. The first-order chi connectivity index (χ1) is 7.13. The summed E-state index contributed by atoms with van der Waals surface area (Å²) in [7, 11) is 3.18. The molecule has 82 valence electrons. The smallest absolute Gasteiger partial charge is 0.241 e. The molecule has 1 rings (SSSR count). The van der Waals surface area contributed by atoms with Crippen LogP contribution < -0.4 is 11.1 Å². The Bertz CT molecular complexity index is 341. The van der Waals surface area contributed by atoms with Gasteiger partial charge >= 0.3 is 0 Å². The first kappa shape index (κ1) is 11.5. The van der Waals surface area contributed by atoms with E-state index >= 15 is 0 Å². The quantitative estimate of drug-likeness (QED) is 0.566. The van der Waals surface area contributed by atoms with Crippen molar-refractivity contribution >= 4 is 17.3 Å². The molecule has 0 aliphatic carbocycles. The molecule has 0 aliphatic rings. The molecular weight excluding hydrogens is 194 g/mol. The predicted molar refractivity (Wildman–Crippen MR) is 59.1 cm³/mol. The molecule has 0 atom stereocenters. The summed E-state index contributed by atoms with van der Waals surface area (Å²) in [6.45, 7) is 0.158. The number of nitrogen functional groups attached to an aromatic ring is 1. The standard InChI is InChI=1S/C10H15N3O2/c1-13(15-2)7-10(14)12-9-6-4-3-5-8(9)11/h3-6H,7,11H2,1-2H3,(H,12,14). The van der Waals surface area contributed by atoms with Crippen molar-refractivity contribution in [2.45, 2.75) is 0 Å². The molecule has 0 unspecified atom stereocenters. The molecule has 0 aromatic heterocycles. The Morgan fingerprint density at radius 3 is 2.80 bits per heavy atom. The predicted octanol–water partition coefficient (Wildman–Crippen LogP) is 0.700. The molecule has 0 heterocycles. The molecule has 0 saturated carbocycles. The lowest BCUT2D eigenvalue weighted by molar-refractivity contribution is -0.137. The monoisotopic (exact) mass is 209 g/mol. The average molecular weight is 209 g/mol. The van der Waals surface area contributed by atoms with E-state index in [1.807, 2.05) is 12.1 Å². The molecule has 15 heavy (non-hydrogen) atoms. The Morgan fingerprint density at radius 1 is 1.53 bits per heavy atom. The highest BCUT2D eigenvalue weighted by atomic mass is 16.7. The van der Waals surface area contributed by atoms with E-state index in [1.54, 1.807) is 19.2 Å². The molecule has 0 bridgehead atoms. The van der Waals surface area contributed by atoms with Crippen molar-refractivity contribution in [3.8, 4) is 0 Å². The van der Waals surface area contributed by atoms with E-state index in [4.69, 9.17) is 10.6 Å². The Hall–Kier alpha value is -1.59. The summed E-state index contributed by atoms with van der Waals surface area (Å²) >= 11 is 0. The van der Waals surface area contributed by atoms with Crippen molar-refractivity contribution in [3.63, 3.8) is 0 Å². The lowest BCUT2D eigenvalue weighted by Crippen LogP contribution is -2.29. The number of nitrogens with zero attached hydrogens (tertiary/aromatic N) is 1. The number of rotatable bonds is 4. The normalized spacial score (nSPS) is 10.3. The summed E-state index contributed by atoms with van der Waals surface area (Å²) in [4.78, 5) is 16.3. The summed E-state index contributed by atoms with van der Waals surface area (Å²) in [5, 5.41) is 4.11. The average Bonchev–Trinajstić information content (AvgIpc) is 2.21. The fourth-order valence-corrected chi connectivity index (χ4v) is 1.07. The first-order valence-corrected chi connectivity index (χ1v) is 4.53. The van der Waals surface area contributed by atoms with Gasteiger partial charge in [-0.2, -0.15) is 5.06 Å². The summed E-state index contributed by atoms with van der Waals surface area (Å²) in [5.41, 5.74) is 6.84. The van der Waals surface area contributed by atoms with Crippen LogP contribution in [0.5, 0.6) is 0 Å². The first-order valence-electron chi connectivity index (χ1n) is 4.53. The van der Waals surface area contributed by atoms with Gasteiger partial charge in [-0.05, 0) is 12.1 Å². The molecule has 5 nitrogen and oxygen atoms in total. The van der Waals surface area contributed by atoms with E-state index in [-0.39, 0.29) is 12.5 Å². The molecular formula is C10H15N3O2. The molecule has 5 heteroatoms. The van der Waals surface area contributed by atoms with E-state index in [9.17, 15) is 4.79 Å². The van der Waals surface area contributed by atoms with Gasteiger partial charge < -0.3 is 15.9 Å². The maximum absolute atomic E-state index is 11.4. The lowest BCUT2D eigenvalue weighted by Gasteiger charge is -2.13. The second-order valence-electron chi connectivity index (χ2n) is 3.10. The van der Waals surface area contributed by atoms with Gasteiger partial charge in [0, 0.05) is 7.05 Å². The summed E-state index contributed by atoms with van der Waals surface area (Å²) in [6.07, 6.45) is 0.